The predicted molar refractivity (Wildman–Crippen MR) is 113 cm³/mol. The van der Waals surface area contributed by atoms with Crippen LogP contribution in [0.3, 0.4) is 0 Å². The van der Waals surface area contributed by atoms with Crippen LogP contribution in [0.2, 0.25) is 0 Å². The van der Waals surface area contributed by atoms with Crippen molar-refractivity contribution in [3.63, 3.8) is 0 Å². The SMILES string of the molecule is COC(=O)[C@H](Cc1ccccc1)NC(=O)c1nn(-c2ccccc2C(F)(F)F)c(C)cc1=O. The highest BCUT2D eigenvalue weighted by Crippen LogP contribution is 2.33. The molecule has 1 atom stereocenters. The first-order valence-corrected chi connectivity index (χ1v) is 9.82. The Bertz CT molecular complexity index is 1220. The van der Waals surface area contributed by atoms with Crippen LogP contribution >= 0.6 is 0 Å². The normalized spacial score (nSPS) is 12.2. The van der Waals surface area contributed by atoms with Crippen LogP contribution in [0.25, 0.3) is 5.69 Å². The first-order chi connectivity index (χ1) is 15.6. The van der Waals surface area contributed by atoms with Gasteiger partial charge >= 0.3 is 12.1 Å². The first-order valence-electron chi connectivity index (χ1n) is 9.82. The van der Waals surface area contributed by atoms with Crippen molar-refractivity contribution in [2.24, 2.45) is 0 Å². The number of halogens is 3. The highest BCUT2D eigenvalue weighted by Gasteiger charge is 2.34. The molecule has 0 aliphatic carbocycles. The van der Waals surface area contributed by atoms with E-state index < -0.39 is 40.8 Å². The summed E-state index contributed by atoms with van der Waals surface area (Å²) in [5.41, 5.74) is -1.95. The van der Waals surface area contributed by atoms with Crippen molar-refractivity contribution in [3.8, 4) is 5.69 Å². The number of aryl methyl sites for hydroxylation is 1. The summed E-state index contributed by atoms with van der Waals surface area (Å²) in [6.45, 7) is 1.40. The number of alkyl halides is 3. The Labute approximate surface area is 186 Å². The van der Waals surface area contributed by atoms with Gasteiger partial charge in [-0.05, 0) is 24.6 Å². The molecule has 0 aliphatic heterocycles. The maximum atomic E-state index is 13.5. The third-order valence-electron chi connectivity index (χ3n) is 4.83. The minimum absolute atomic E-state index is 0.0796. The number of carbonyl (C=O) groups is 2. The Balaban J connectivity index is 1.99. The van der Waals surface area contributed by atoms with Crippen LogP contribution in [0.4, 0.5) is 13.2 Å². The fourth-order valence-corrected chi connectivity index (χ4v) is 3.26. The number of ether oxygens (including phenoxy) is 1. The molecule has 3 rings (SSSR count). The Hall–Kier alpha value is -3.95. The van der Waals surface area contributed by atoms with Crippen molar-refractivity contribution in [1.29, 1.82) is 0 Å². The van der Waals surface area contributed by atoms with Crippen LogP contribution in [-0.4, -0.2) is 34.8 Å². The van der Waals surface area contributed by atoms with Gasteiger partial charge in [-0.1, -0.05) is 42.5 Å². The highest BCUT2D eigenvalue weighted by molar-refractivity contribution is 5.95. The monoisotopic (exact) mass is 459 g/mol. The van der Waals surface area contributed by atoms with E-state index in [9.17, 15) is 27.6 Å². The molecule has 0 unspecified atom stereocenters. The second-order valence-corrected chi connectivity index (χ2v) is 7.16. The zero-order valence-corrected chi connectivity index (χ0v) is 17.7. The molecule has 7 nitrogen and oxygen atoms in total. The van der Waals surface area contributed by atoms with E-state index in [1.54, 1.807) is 30.3 Å². The molecule has 1 aromatic heterocycles. The van der Waals surface area contributed by atoms with Crippen molar-refractivity contribution in [3.05, 3.63) is 93.4 Å². The summed E-state index contributed by atoms with van der Waals surface area (Å²) in [6, 6.07) is 13.3. The van der Waals surface area contributed by atoms with Gasteiger partial charge in [0, 0.05) is 18.2 Å². The third-order valence-corrected chi connectivity index (χ3v) is 4.83. The standard InChI is InChI=1S/C23H20F3N3O4/c1-14-12-19(30)20(28-29(14)18-11-7-6-10-16(18)23(24,25)26)21(31)27-17(22(32)33-2)13-15-8-4-3-5-9-15/h3-12,17H,13H2,1-2H3,(H,27,31)/t17-/m0/s1. The molecule has 0 fully saturated rings. The average Bonchev–Trinajstić information content (AvgIpc) is 2.78. The van der Waals surface area contributed by atoms with Gasteiger partial charge in [0.05, 0.1) is 18.4 Å². The summed E-state index contributed by atoms with van der Waals surface area (Å²) in [7, 11) is 1.15. The molecule has 0 radical (unpaired) electrons. The van der Waals surface area contributed by atoms with E-state index in [0.717, 1.165) is 29.5 Å². The van der Waals surface area contributed by atoms with Gasteiger partial charge in [0.25, 0.3) is 5.91 Å². The molecule has 0 saturated carbocycles. The van der Waals surface area contributed by atoms with E-state index >= 15 is 0 Å². The summed E-state index contributed by atoms with van der Waals surface area (Å²) in [5.74, 6) is -1.76. The molecule has 33 heavy (non-hydrogen) atoms. The second-order valence-electron chi connectivity index (χ2n) is 7.16. The van der Waals surface area contributed by atoms with Crippen LogP contribution in [-0.2, 0) is 22.1 Å². The molecule has 0 bridgehead atoms. The summed E-state index contributed by atoms with van der Waals surface area (Å²) in [6.07, 6.45) is -4.60. The lowest BCUT2D eigenvalue weighted by molar-refractivity contribution is -0.143. The van der Waals surface area contributed by atoms with Gasteiger partial charge < -0.3 is 10.1 Å². The third kappa shape index (κ3) is 5.46. The van der Waals surface area contributed by atoms with Crippen molar-refractivity contribution < 1.29 is 27.5 Å². The van der Waals surface area contributed by atoms with Gasteiger partial charge in [-0.15, -0.1) is 0 Å². The molecule has 2 aromatic carbocycles. The molecule has 0 saturated heterocycles. The second kappa shape index (κ2) is 9.68. The largest absolute Gasteiger partial charge is 0.467 e. The smallest absolute Gasteiger partial charge is 0.418 e. The van der Waals surface area contributed by atoms with E-state index in [2.05, 4.69) is 10.4 Å². The van der Waals surface area contributed by atoms with Crippen LogP contribution in [0.15, 0.2) is 65.5 Å². The average molecular weight is 459 g/mol. The van der Waals surface area contributed by atoms with Gasteiger partial charge in [-0.3, -0.25) is 9.59 Å². The Morgan fingerprint density at radius 3 is 2.36 bits per heavy atom. The minimum Gasteiger partial charge on any atom is -0.467 e. The maximum absolute atomic E-state index is 13.5. The van der Waals surface area contributed by atoms with Crippen molar-refractivity contribution in [2.45, 2.75) is 25.6 Å². The molecule has 1 N–H and O–H groups in total. The number of rotatable bonds is 6. The Morgan fingerprint density at radius 1 is 1.09 bits per heavy atom. The van der Waals surface area contributed by atoms with Gasteiger partial charge in [-0.2, -0.15) is 18.3 Å². The van der Waals surface area contributed by atoms with Crippen LogP contribution in [0.1, 0.15) is 27.3 Å². The number of amides is 1. The van der Waals surface area contributed by atoms with Crippen LogP contribution in [0, 0.1) is 6.92 Å². The number of nitrogens with zero attached hydrogens (tertiary/aromatic N) is 2. The topological polar surface area (TPSA) is 90.3 Å². The Morgan fingerprint density at radius 2 is 1.73 bits per heavy atom. The lowest BCUT2D eigenvalue weighted by atomic mass is 10.1. The van der Waals surface area contributed by atoms with E-state index in [4.69, 9.17) is 4.74 Å². The molecular formula is C23H20F3N3O4. The predicted octanol–water partition coefficient (Wildman–Crippen LogP) is 3.07. The van der Waals surface area contributed by atoms with Gasteiger partial charge in [0.1, 0.15) is 6.04 Å². The molecule has 0 spiro atoms. The molecular weight excluding hydrogens is 439 g/mol. The summed E-state index contributed by atoms with van der Waals surface area (Å²) < 4.78 is 46.0. The number of hydrogen-bond donors (Lipinski definition) is 1. The zero-order chi connectivity index (χ0) is 24.2. The fraction of sp³-hybridized carbons (Fsp3) is 0.217. The lowest BCUT2D eigenvalue weighted by Crippen LogP contribution is -2.45. The molecule has 1 heterocycles. The Kier molecular flexibility index (Phi) is 6.95. The van der Waals surface area contributed by atoms with Crippen molar-refractivity contribution in [2.75, 3.05) is 7.11 Å². The molecule has 0 aliphatic rings. The number of para-hydroxylation sites is 1. The molecule has 10 heteroatoms. The van der Waals surface area contributed by atoms with Crippen molar-refractivity contribution >= 4 is 11.9 Å². The van der Waals surface area contributed by atoms with E-state index in [1.165, 1.54) is 25.1 Å². The lowest BCUT2D eigenvalue weighted by Gasteiger charge is -2.18. The van der Waals surface area contributed by atoms with Crippen LogP contribution < -0.4 is 10.7 Å². The number of hydrogen-bond acceptors (Lipinski definition) is 5. The van der Waals surface area contributed by atoms with Crippen LogP contribution in [0.5, 0.6) is 0 Å². The highest BCUT2D eigenvalue weighted by atomic mass is 19.4. The number of carbonyl (C=O) groups excluding carboxylic acids is 2. The number of benzene rings is 2. The number of aromatic nitrogens is 2. The molecule has 3 aromatic rings. The van der Waals surface area contributed by atoms with Crippen molar-refractivity contribution in [1.82, 2.24) is 15.1 Å². The zero-order valence-electron chi connectivity index (χ0n) is 17.7. The van der Waals surface area contributed by atoms with E-state index in [0.29, 0.717) is 0 Å². The minimum atomic E-state index is -4.68. The summed E-state index contributed by atoms with van der Waals surface area (Å²) >= 11 is 0. The number of esters is 1. The molecule has 1 amide bonds. The van der Waals surface area contributed by atoms with E-state index in [-0.39, 0.29) is 17.8 Å². The van der Waals surface area contributed by atoms with Gasteiger partial charge in [0.2, 0.25) is 5.43 Å². The maximum Gasteiger partial charge on any atom is 0.418 e. The number of methoxy groups -OCH3 is 1. The summed E-state index contributed by atoms with van der Waals surface area (Å²) in [4.78, 5) is 37.5. The number of nitrogens with one attached hydrogen (secondary N) is 1. The van der Waals surface area contributed by atoms with Gasteiger partial charge in [-0.25, -0.2) is 9.48 Å². The van der Waals surface area contributed by atoms with E-state index in [1.807, 2.05) is 0 Å². The first kappa shape index (κ1) is 23.7. The molecule has 172 valence electrons. The van der Waals surface area contributed by atoms with Gasteiger partial charge in [0.15, 0.2) is 5.69 Å². The summed E-state index contributed by atoms with van der Waals surface area (Å²) in [5, 5.41) is 6.31. The quantitative estimate of drug-likeness (QED) is 0.573. The fourth-order valence-electron chi connectivity index (χ4n) is 3.26.